The minimum atomic E-state index is -6.04. The molecule has 1 saturated heterocycles. The minimum Gasteiger partial charge on any atom is -0.478 e. The van der Waals surface area contributed by atoms with Gasteiger partial charge in [0, 0.05) is 19.5 Å². The number of hydrogen-bond donors (Lipinski definition) is 1. The van der Waals surface area contributed by atoms with Crippen molar-refractivity contribution in [2.45, 2.75) is 50.4 Å². The lowest BCUT2D eigenvalue weighted by Gasteiger charge is -2.48. The van der Waals surface area contributed by atoms with Crippen molar-refractivity contribution in [1.82, 2.24) is 9.80 Å². The molecule has 9 nitrogen and oxygen atoms in total. The number of piperazine rings is 1. The second kappa shape index (κ2) is 7.10. The van der Waals surface area contributed by atoms with E-state index in [1.165, 1.54) is 0 Å². The molecule has 160 valence electrons. The fourth-order valence-electron chi connectivity index (χ4n) is 3.17. The van der Waals surface area contributed by atoms with E-state index in [9.17, 15) is 36.3 Å². The van der Waals surface area contributed by atoms with Gasteiger partial charge in [-0.3, -0.25) is 4.90 Å². The van der Waals surface area contributed by atoms with Gasteiger partial charge in [-0.1, -0.05) is 0 Å². The maximum atomic E-state index is 12.7. The number of carbonyl (C=O) groups is 2. The fourth-order valence-corrected chi connectivity index (χ4v) is 3.69. The minimum absolute atomic E-state index is 0.0453. The van der Waals surface area contributed by atoms with Crippen LogP contribution in [-0.4, -0.2) is 78.7 Å². The van der Waals surface area contributed by atoms with Gasteiger partial charge in [0.05, 0.1) is 12.1 Å². The number of likely N-dealkylation sites (N-methyl/N-ethyl adjacent to an activating group) is 1. The third kappa shape index (κ3) is 4.51. The van der Waals surface area contributed by atoms with Gasteiger partial charge >= 0.3 is 27.7 Å². The highest BCUT2D eigenvalue weighted by Crippen LogP contribution is 2.37. The number of carbonyl (C=O) groups excluding carboxylic acids is 1. The Hall–Kier alpha value is -2.02. The lowest BCUT2D eigenvalue weighted by atomic mass is 9.89. The molecule has 2 aliphatic rings. The molecule has 0 spiro atoms. The predicted molar refractivity (Wildman–Crippen MR) is 88.5 cm³/mol. The van der Waals surface area contributed by atoms with Crippen molar-refractivity contribution >= 4 is 22.2 Å². The summed E-state index contributed by atoms with van der Waals surface area (Å²) in [5.74, 6) is -2.51. The van der Waals surface area contributed by atoms with Gasteiger partial charge in [0.2, 0.25) is 0 Å². The molecule has 0 radical (unpaired) electrons. The van der Waals surface area contributed by atoms with Crippen LogP contribution in [0.5, 0.6) is 0 Å². The normalized spacial score (nSPS) is 24.2. The second-order valence-electron chi connectivity index (χ2n) is 7.61. The van der Waals surface area contributed by atoms with Crippen LogP contribution in [0, 0.1) is 0 Å². The Morgan fingerprint density at radius 3 is 2.21 bits per heavy atom. The molecular weight excluding hydrogens is 409 g/mol. The summed E-state index contributed by atoms with van der Waals surface area (Å²) in [6.07, 6.45) is -1.36. The van der Waals surface area contributed by atoms with Crippen molar-refractivity contribution in [3.63, 3.8) is 0 Å². The number of alkyl halides is 3. The average molecular weight is 430 g/mol. The molecule has 2 unspecified atom stereocenters. The zero-order valence-corrected chi connectivity index (χ0v) is 16.4. The number of fused-ring (bicyclic) bond motifs is 2. The van der Waals surface area contributed by atoms with Gasteiger partial charge in [-0.15, -0.1) is 0 Å². The van der Waals surface area contributed by atoms with E-state index in [1.54, 1.807) is 32.7 Å². The third-order valence-electron chi connectivity index (χ3n) is 4.12. The monoisotopic (exact) mass is 430 g/mol. The van der Waals surface area contributed by atoms with Crippen LogP contribution in [0.25, 0.3) is 0 Å². The topological polar surface area (TPSA) is 113 Å². The smallest absolute Gasteiger partial charge is 0.478 e. The van der Waals surface area contributed by atoms with E-state index < -0.39 is 63.1 Å². The lowest BCUT2D eigenvalue weighted by Crippen LogP contribution is -2.64. The summed E-state index contributed by atoms with van der Waals surface area (Å²) in [6.45, 7) is 4.94. The summed E-state index contributed by atoms with van der Waals surface area (Å²) in [5.41, 5.74) is -7.32. The summed E-state index contributed by atoms with van der Waals surface area (Å²) in [4.78, 5) is 27.1. The number of ether oxygens (including phenoxy) is 1. The van der Waals surface area contributed by atoms with E-state index in [0.717, 1.165) is 4.90 Å². The van der Waals surface area contributed by atoms with Crippen LogP contribution in [0.15, 0.2) is 11.3 Å². The van der Waals surface area contributed by atoms with Crippen LogP contribution in [0.1, 0.15) is 27.2 Å². The Labute approximate surface area is 159 Å². The first-order valence-corrected chi connectivity index (χ1v) is 9.61. The highest BCUT2D eigenvalue weighted by molar-refractivity contribution is 7.87. The Morgan fingerprint density at radius 2 is 1.75 bits per heavy atom. The first-order chi connectivity index (χ1) is 12.5. The van der Waals surface area contributed by atoms with E-state index in [2.05, 4.69) is 4.18 Å². The van der Waals surface area contributed by atoms with Gasteiger partial charge in [-0.05, 0) is 27.8 Å². The molecule has 2 bridgehead atoms. The molecule has 2 heterocycles. The summed E-state index contributed by atoms with van der Waals surface area (Å²) in [5, 5.41) is 9.53. The molecule has 28 heavy (non-hydrogen) atoms. The highest BCUT2D eigenvalue weighted by Gasteiger charge is 2.53. The number of carboxylic acids is 1. The van der Waals surface area contributed by atoms with Gasteiger partial charge in [0.25, 0.3) is 0 Å². The number of amides is 1. The standard InChI is InChI=1S/C15H21F3N2O7S/c1-14(2,3)26-13(23)20-8-5-10(27-28(24,25)15(16,17)18)11(12(21)22)9(20)7-19(4)6-8/h8-9H,5-7H2,1-4H3,(H,21,22). The molecule has 0 aromatic heterocycles. The van der Waals surface area contributed by atoms with Crippen molar-refractivity contribution in [1.29, 1.82) is 0 Å². The molecule has 0 saturated carbocycles. The van der Waals surface area contributed by atoms with Crippen molar-refractivity contribution in [3.8, 4) is 0 Å². The van der Waals surface area contributed by atoms with Crippen molar-refractivity contribution in [3.05, 3.63) is 11.3 Å². The van der Waals surface area contributed by atoms with E-state index >= 15 is 0 Å². The maximum Gasteiger partial charge on any atom is 0.534 e. The summed E-state index contributed by atoms with van der Waals surface area (Å²) >= 11 is 0. The fraction of sp³-hybridized carbons (Fsp3) is 0.733. The third-order valence-corrected chi connectivity index (χ3v) is 5.11. The highest BCUT2D eigenvalue weighted by atomic mass is 32.2. The summed E-state index contributed by atoms with van der Waals surface area (Å²) in [6, 6.07) is -2.05. The van der Waals surface area contributed by atoms with E-state index in [1.807, 2.05) is 0 Å². The number of nitrogens with zero attached hydrogens (tertiary/aromatic N) is 2. The van der Waals surface area contributed by atoms with Crippen LogP contribution < -0.4 is 0 Å². The number of aliphatic carboxylic acids is 1. The van der Waals surface area contributed by atoms with E-state index in [-0.39, 0.29) is 13.1 Å². The molecule has 2 aliphatic heterocycles. The van der Waals surface area contributed by atoms with Crippen LogP contribution in [0.4, 0.5) is 18.0 Å². The quantitative estimate of drug-likeness (QED) is 0.530. The number of halogens is 3. The lowest BCUT2D eigenvalue weighted by molar-refractivity contribution is -0.134. The molecule has 0 aromatic rings. The van der Waals surface area contributed by atoms with Crippen molar-refractivity contribution in [2.24, 2.45) is 0 Å². The van der Waals surface area contributed by atoms with Gasteiger partial charge < -0.3 is 18.9 Å². The van der Waals surface area contributed by atoms with Gasteiger partial charge in [-0.25, -0.2) is 9.59 Å². The van der Waals surface area contributed by atoms with Gasteiger partial charge in [0.1, 0.15) is 16.9 Å². The first kappa shape index (κ1) is 22.3. The molecule has 1 fully saturated rings. The Balaban J connectivity index is 2.50. The SMILES string of the molecule is CN1CC2CC(OS(=O)(=O)C(F)(F)F)=C(C(=O)O)C(C1)N2C(=O)OC(C)(C)C. The first-order valence-electron chi connectivity index (χ1n) is 8.20. The molecule has 1 N–H and O–H groups in total. The zero-order valence-electron chi connectivity index (χ0n) is 15.6. The Bertz CT molecular complexity index is 801. The van der Waals surface area contributed by atoms with Crippen molar-refractivity contribution in [2.75, 3.05) is 20.1 Å². The molecule has 0 aromatic carbocycles. The van der Waals surface area contributed by atoms with Crippen LogP contribution in [-0.2, 0) is 23.8 Å². The molecule has 0 aliphatic carbocycles. The second-order valence-corrected chi connectivity index (χ2v) is 9.15. The van der Waals surface area contributed by atoms with Gasteiger partial charge in [0.15, 0.2) is 0 Å². The number of carboxylic acid groups (broad SMARTS) is 1. The molecular formula is C15H21F3N2O7S. The average Bonchev–Trinajstić information content (AvgIpc) is 2.41. The van der Waals surface area contributed by atoms with Gasteiger partial charge in [-0.2, -0.15) is 21.6 Å². The largest absolute Gasteiger partial charge is 0.534 e. The molecule has 2 atom stereocenters. The van der Waals surface area contributed by atoms with Crippen LogP contribution in [0.3, 0.4) is 0 Å². The number of rotatable bonds is 3. The van der Waals surface area contributed by atoms with Crippen LogP contribution in [0.2, 0.25) is 0 Å². The zero-order chi connectivity index (χ0) is 21.7. The predicted octanol–water partition coefficient (Wildman–Crippen LogP) is 1.51. The summed E-state index contributed by atoms with van der Waals surface area (Å²) < 4.78 is 70.3. The maximum absolute atomic E-state index is 12.7. The summed E-state index contributed by atoms with van der Waals surface area (Å²) in [7, 11) is -4.40. The van der Waals surface area contributed by atoms with Crippen LogP contribution >= 0.6 is 0 Å². The Kier molecular flexibility index (Phi) is 5.65. The van der Waals surface area contributed by atoms with E-state index in [0.29, 0.717) is 0 Å². The number of hydrogen-bond acceptors (Lipinski definition) is 7. The molecule has 1 amide bonds. The van der Waals surface area contributed by atoms with Crippen molar-refractivity contribution < 1.29 is 45.2 Å². The van der Waals surface area contributed by atoms with E-state index in [4.69, 9.17) is 4.74 Å². The molecule has 13 heteroatoms. The Morgan fingerprint density at radius 1 is 1.18 bits per heavy atom. The molecule has 2 rings (SSSR count).